The highest BCUT2D eigenvalue weighted by Gasteiger charge is 2.46. The predicted molar refractivity (Wildman–Crippen MR) is 92.5 cm³/mol. The van der Waals surface area contributed by atoms with E-state index in [-0.39, 0.29) is 12.1 Å². The van der Waals surface area contributed by atoms with Crippen LogP contribution in [0.15, 0.2) is 42.5 Å². The maximum atomic E-state index is 13.1. The largest absolute Gasteiger partial charge is 0.396 e. The Balaban J connectivity index is 1.54. The molecule has 0 fully saturated rings. The molecule has 2 aromatic rings. The Bertz CT molecular complexity index is 956. The van der Waals surface area contributed by atoms with E-state index < -0.39 is 23.4 Å². The second-order valence-corrected chi connectivity index (χ2v) is 6.91. The molecular weight excluding hydrogens is 397 g/mol. The topological polar surface area (TPSA) is 76.8 Å². The molecule has 11 heteroatoms. The number of fused-ring (bicyclic) bond motifs is 1. The van der Waals surface area contributed by atoms with Crippen molar-refractivity contribution in [3.05, 3.63) is 53.9 Å². The third-order valence-electron chi connectivity index (χ3n) is 4.71. The number of allylic oxidation sites excluding steroid dienone is 3. The minimum atomic E-state index is -4.52. The van der Waals surface area contributed by atoms with Crippen molar-refractivity contribution in [2.75, 3.05) is 6.54 Å². The lowest BCUT2D eigenvalue weighted by Gasteiger charge is -2.31. The summed E-state index contributed by atoms with van der Waals surface area (Å²) >= 11 is 6.00. The molecule has 0 spiro atoms. The number of carbonyl (C=O) groups excluding carboxylic acids is 1. The van der Waals surface area contributed by atoms with Crippen molar-refractivity contribution in [3.63, 3.8) is 0 Å². The van der Waals surface area contributed by atoms with Crippen LogP contribution in [0.2, 0.25) is 0 Å². The van der Waals surface area contributed by atoms with Gasteiger partial charge in [0.05, 0.1) is 35.9 Å². The third kappa shape index (κ3) is 3.28. The van der Waals surface area contributed by atoms with Gasteiger partial charge in [0.2, 0.25) is 0 Å². The Hall–Kier alpha value is -2.75. The van der Waals surface area contributed by atoms with E-state index in [1.165, 1.54) is 23.4 Å². The van der Waals surface area contributed by atoms with Crippen LogP contribution in [0.3, 0.4) is 0 Å². The molecule has 0 bridgehead atoms. The van der Waals surface area contributed by atoms with Crippen molar-refractivity contribution in [1.82, 2.24) is 29.9 Å². The molecule has 2 aromatic heterocycles. The first-order chi connectivity index (χ1) is 13.4. The summed E-state index contributed by atoms with van der Waals surface area (Å²) in [5.74, 6) is -2.42. The number of carbonyl (C=O) groups is 1. The van der Waals surface area contributed by atoms with Crippen molar-refractivity contribution >= 4 is 17.5 Å². The van der Waals surface area contributed by atoms with Crippen LogP contribution in [0.4, 0.5) is 13.2 Å². The Kier molecular flexibility index (Phi) is 4.66. The number of hydrogen-bond acceptors (Lipinski definition) is 5. The number of aromatic nitrogens is 5. The smallest absolute Gasteiger partial charge is 0.332 e. The number of halogens is 4. The highest BCUT2D eigenvalue weighted by atomic mass is 35.5. The lowest BCUT2D eigenvalue weighted by atomic mass is 9.92. The van der Waals surface area contributed by atoms with E-state index >= 15 is 0 Å². The van der Waals surface area contributed by atoms with E-state index in [2.05, 4.69) is 20.3 Å². The van der Waals surface area contributed by atoms with Gasteiger partial charge in [0.15, 0.2) is 0 Å². The molecule has 1 aliphatic heterocycles. The lowest BCUT2D eigenvalue weighted by molar-refractivity contribution is -0.160. The first-order valence-electron chi connectivity index (χ1n) is 8.43. The molecule has 0 aromatic carbocycles. The summed E-state index contributed by atoms with van der Waals surface area (Å²) in [6.45, 7) is 0.456. The van der Waals surface area contributed by atoms with Crippen LogP contribution in [-0.2, 0) is 17.8 Å². The van der Waals surface area contributed by atoms with Gasteiger partial charge < -0.3 is 4.90 Å². The molecule has 0 radical (unpaired) electrons. The van der Waals surface area contributed by atoms with Gasteiger partial charge in [-0.05, 0) is 0 Å². The normalized spacial score (nSPS) is 22.0. The number of alkyl halides is 4. The van der Waals surface area contributed by atoms with Crippen LogP contribution in [0.25, 0.3) is 5.69 Å². The van der Waals surface area contributed by atoms with Gasteiger partial charge in [-0.1, -0.05) is 23.4 Å². The molecule has 0 saturated carbocycles. The summed E-state index contributed by atoms with van der Waals surface area (Å²) in [5.41, 5.74) is 1.96. The van der Waals surface area contributed by atoms with Crippen LogP contribution in [-0.4, -0.2) is 53.9 Å². The van der Waals surface area contributed by atoms with Crippen molar-refractivity contribution < 1.29 is 18.0 Å². The number of amides is 1. The summed E-state index contributed by atoms with van der Waals surface area (Å²) in [6, 6.07) is 0. The molecule has 2 aliphatic rings. The van der Waals surface area contributed by atoms with Gasteiger partial charge >= 0.3 is 6.18 Å². The molecule has 0 N–H and O–H groups in total. The number of rotatable bonds is 2. The average molecular weight is 411 g/mol. The first-order valence-corrected chi connectivity index (χ1v) is 8.87. The summed E-state index contributed by atoms with van der Waals surface area (Å²) in [6.07, 6.45) is 4.05. The summed E-state index contributed by atoms with van der Waals surface area (Å²) in [4.78, 5) is 22.1. The maximum Gasteiger partial charge on any atom is 0.396 e. The number of nitrogens with zero attached hydrogens (tertiary/aromatic N) is 6. The summed E-state index contributed by atoms with van der Waals surface area (Å²) in [5, 5.41) is 6.72. The maximum absolute atomic E-state index is 13.1. The standard InChI is InChI=1S/C17H14ClF3N6O/c18-15-11(2-1-3-12(15)17(19,20)21)16(28)26-5-4-14-13(8-26)24-25-27(14)10-6-22-9-23-7-10/h1-3,6-7,9,12,15H,4-5,8H2. The second kappa shape index (κ2) is 7.01. The SMILES string of the molecule is O=C(C1=CC=CC(C(F)(F)F)C1Cl)N1CCc2c(nnn2-c2cncnc2)C1. The highest BCUT2D eigenvalue weighted by Crippen LogP contribution is 2.38. The molecule has 7 nitrogen and oxygen atoms in total. The molecule has 146 valence electrons. The van der Waals surface area contributed by atoms with Crippen LogP contribution < -0.4 is 0 Å². The van der Waals surface area contributed by atoms with Crippen molar-refractivity contribution in [3.8, 4) is 5.69 Å². The van der Waals surface area contributed by atoms with Crippen molar-refractivity contribution in [2.45, 2.75) is 24.5 Å². The van der Waals surface area contributed by atoms with Gasteiger partial charge in [0, 0.05) is 18.5 Å². The predicted octanol–water partition coefficient (Wildman–Crippen LogP) is 2.22. The minimum absolute atomic E-state index is 0.0706. The number of hydrogen-bond donors (Lipinski definition) is 0. The van der Waals surface area contributed by atoms with Crippen molar-refractivity contribution in [2.24, 2.45) is 5.92 Å². The van der Waals surface area contributed by atoms with Crippen LogP contribution in [0.1, 0.15) is 11.4 Å². The molecular formula is C17H14ClF3N6O. The van der Waals surface area contributed by atoms with Gasteiger partial charge in [0.25, 0.3) is 5.91 Å². The highest BCUT2D eigenvalue weighted by molar-refractivity contribution is 6.26. The van der Waals surface area contributed by atoms with Crippen LogP contribution >= 0.6 is 11.6 Å². The molecule has 1 aliphatic carbocycles. The van der Waals surface area contributed by atoms with E-state index in [9.17, 15) is 18.0 Å². The van der Waals surface area contributed by atoms with Gasteiger partial charge in [-0.25, -0.2) is 14.6 Å². The molecule has 4 rings (SSSR count). The fourth-order valence-corrected chi connectivity index (χ4v) is 3.69. The van der Waals surface area contributed by atoms with Crippen LogP contribution in [0.5, 0.6) is 0 Å². The molecule has 28 heavy (non-hydrogen) atoms. The van der Waals surface area contributed by atoms with Gasteiger partial charge in [-0.3, -0.25) is 4.79 Å². The fraction of sp³-hybridized carbons (Fsp3) is 0.353. The molecule has 0 saturated heterocycles. The quantitative estimate of drug-likeness (QED) is 0.709. The molecule has 1 amide bonds. The molecule has 2 atom stereocenters. The molecule has 3 heterocycles. The Labute approximate surface area is 162 Å². The van der Waals surface area contributed by atoms with Gasteiger partial charge in [-0.15, -0.1) is 16.7 Å². The van der Waals surface area contributed by atoms with E-state index in [0.29, 0.717) is 24.3 Å². The van der Waals surface area contributed by atoms with E-state index in [4.69, 9.17) is 11.6 Å². The molecule has 2 unspecified atom stereocenters. The van der Waals surface area contributed by atoms with E-state index in [1.807, 2.05) is 0 Å². The van der Waals surface area contributed by atoms with Crippen molar-refractivity contribution in [1.29, 1.82) is 0 Å². The second-order valence-electron chi connectivity index (χ2n) is 6.44. The van der Waals surface area contributed by atoms with E-state index in [1.54, 1.807) is 17.1 Å². The third-order valence-corrected chi connectivity index (χ3v) is 5.22. The zero-order chi connectivity index (χ0) is 19.9. The first kappa shape index (κ1) is 18.6. The van der Waals surface area contributed by atoms with Crippen LogP contribution in [0, 0.1) is 5.92 Å². The fourth-order valence-electron chi connectivity index (χ4n) is 3.30. The average Bonchev–Trinajstić information content (AvgIpc) is 3.10. The lowest BCUT2D eigenvalue weighted by Crippen LogP contribution is -2.42. The van der Waals surface area contributed by atoms with Gasteiger partial charge in [0.1, 0.15) is 17.7 Å². The van der Waals surface area contributed by atoms with Gasteiger partial charge in [-0.2, -0.15) is 13.2 Å². The zero-order valence-corrected chi connectivity index (χ0v) is 15.1. The Morgan fingerprint density at radius 2 is 2.00 bits per heavy atom. The Morgan fingerprint density at radius 3 is 2.71 bits per heavy atom. The summed E-state index contributed by atoms with van der Waals surface area (Å²) < 4.78 is 40.9. The summed E-state index contributed by atoms with van der Waals surface area (Å²) in [7, 11) is 0. The van der Waals surface area contributed by atoms with E-state index in [0.717, 1.165) is 11.8 Å². The zero-order valence-electron chi connectivity index (χ0n) is 14.3. The Morgan fingerprint density at radius 1 is 1.25 bits per heavy atom. The minimum Gasteiger partial charge on any atom is -0.332 e. The monoisotopic (exact) mass is 410 g/mol.